The first-order valence-corrected chi connectivity index (χ1v) is 23.3. The molecule has 0 bridgehead atoms. The van der Waals surface area contributed by atoms with Crippen molar-refractivity contribution >= 4 is 21.8 Å². The van der Waals surface area contributed by atoms with E-state index in [1.54, 1.807) is 42.5 Å². The number of para-hydroxylation sites is 1. The molecule has 1 heterocycles. The van der Waals surface area contributed by atoms with Crippen molar-refractivity contribution < 1.29 is 13.2 Å². The molecule has 0 saturated heterocycles. The third kappa shape index (κ3) is 8.22. The van der Waals surface area contributed by atoms with Crippen molar-refractivity contribution in [2.75, 3.05) is 0 Å². The van der Waals surface area contributed by atoms with Crippen LogP contribution in [-0.2, 0) is 6.18 Å². The van der Waals surface area contributed by atoms with Crippen LogP contribution in [0.1, 0.15) is 27.8 Å². The van der Waals surface area contributed by atoms with Gasteiger partial charge in [0.05, 0.1) is 68.8 Å². The Balaban J connectivity index is 1.20. The van der Waals surface area contributed by atoms with Crippen LogP contribution in [0.3, 0.4) is 0 Å². The first-order chi connectivity index (χ1) is 35.6. The Morgan fingerprint density at radius 2 is 0.616 bits per heavy atom. The summed E-state index contributed by atoms with van der Waals surface area (Å²) in [6, 6.07) is 76.0. The Bertz CT molecular complexity index is 3840. The molecule has 1 aromatic heterocycles. The molecule has 342 valence electrons. The highest BCUT2D eigenvalue weighted by atomic mass is 19.4. The monoisotopic (exact) mass is 943 g/mol. The van der Waals surface area contributed by atoms with Gasteiger partial charge >= 0.3 is 6.18 Å². The molecule has 0 saturated carbocycles. The van der Waals surface area contributed by atoms with Crippen molar-refractivity contribution in [3.8, 4) is 108 Å². The van der Waals surface area contributed by atoms with Gasteiger partial charge in [0.1, 0.15) is 0 Å². The molecule has 73 heavy (non-hydrogen) atoms. The van der Waals surface area contributed by atoms with Gasteiger partial charge in [-0.3, -0.25) is 0 Å². The maximum atomic E-state index is 14.8. The van der Waals surface area contributed by atoms with E-state index < -0.39 is 11.7 Å². The molecule has 0 aliphatic carbocycles. The third-order valence-electron chi connectivity index (χ3n) is 13.4. The summed E-state index contributed by atoms with van der Waals surface area (Å²) >= 11 is 0. The zero-order valence-electron chi connectivity index (χ0n) is 38.7. The average molecular weight is 944 g/mol. The molecule has 10 aromatic carbocycles. The lowest BCUT2D eigenvalue weighted by atomic mass is 9.89. The van der Waals surface area contributed by atoms with Crippen LogP contribution in [0.5, 0.6) is 0 Å². The summed E-state index contributed by atoms with van der Waals surface area (Å²) in [4.78, 5) is 0. The van der Waals surface area contributed by atoms with Crippen LogP contribution >= 0.6 is 0 Å². The van der Waals surface area contributed by atoms with Gasteiger partial charge in [-0.25, -0.2) is 0 Å². The van der Waals surface area contributed by atoms with Gasteiger partial charge in [-0.1, -0.05) is 121 Å². The highest BCUT2D eigenvalue weighted by Gasteiger charge is 2.34. The second-order valence-corrected chi connectivity index (χ2v) is 17.6. The minimum atomic E-state index is -4.61. The predicted octanol–water partition coefficient (Wildman–Crippen LogP) is 17.0. The Labute approximate surface area is 419 Å². The van der Waals surface area contributed by atoms with Crippen molar-refractivity contribution in [1.29, 1.82) is 21.0 Å². The minimum Gasteiger partial charge on any atom is -0.309 e. The molecule has 11 aromatic rings. The number of hydrogen-bond donors (Lipinski definition) is 0. The minimum absolute atomic E-state index is 0.0492. The van der Waals surface area contributed by atoms with Crippen LogP contribution in [0, 0.1) is 45.3 Å². The zero-order chi connectivity index (χ0) is 50.2. The molecule has 5 nitrogen and oxygen atoms in total. The second kappa shape index (κ2) is 18.6. The molecule has 0 atom stereocenters. The molecule has 11 rings (SSSR count). The second-order valence-electron chi connectivity index (χ2n) is 17.6. The lowest BCUT2D eigenvalue weighted by Gasteiger charge is -2.18. The average Bonchev–Trinajstić information content (AvgIpc) is 3.77. The number of rotatable bonds is 8. The van der Waals surface area contributed by atoms with E-state index in [0.717, 1.165) is 94.6 Å². The molecule has 0 radical (unpaired) electrons. The van der Waals surface area contributed by atoms with Crippen molar-refractivity contribution in [2.24, 2.45) is 0 Å². The van der Waals surface area contributed by atoms with Crippen LogP contribution in [0.4, 0.5) is 13.2 Å². The van der Waals surface area contributed by atoms with E-state index in [0.29, 0.717) is 33.5 Å². The van der Waals surface area contributed by atoms with Crippen LogP contribution < -0.4 is 0 Å². The number of benzene rings is 10. The van der Waals surface area contributed by atoms with Gasteiger partial charge in [0.15, 0.2) is 0 Å². The number of aromatic nitrogens is 1. The van der Waals surface area contributed by atoms with Crippen molar-refractivity contribution in [2.45, 2.75) is 6.18 Å². The largest absolute Gasteiger partial charge is 0.417 e. The lowest BCUT2D eigenvalue weighted by molar-refractivity contribution is -0.137. The molecule has 0 aliphatic heterocycles. The maximum Gasteiger partial charge on any atom is 0.417 e. The summed E-state index contributed by atoms with van der Waals surface area (Å²) < 4.78 is 46.3. The fourth-order valence-electron chi connectivity index (χ4n) is 10.0. The van der Waals surface area contributed by atoms with Gasteiger partial charge in [0.25, 0.3) is 0 Å². The molecule has 0 aliphatic rings. The predicted molar refractivity (Wildman–Crippen MR) is 283 cm³/mol. The van der Waals surface area contributed by atoms with Crippen molar-refractivity contribution in [3.05, 3.63) is 246 Å². The summed E-state index contributed by atoms with van der Waals surface area (Å²) in [5.74, 6) is 0. The zero-order valence-corrected chi connectivity index (χ0v) is 38.7. The van der Waals surface area contributed by atoms with Gasteiger partial charge in [-0.15, -0.1) is 0 Å². The summed E-state index contributed by atoms with van der Waals surface area (Å²) in [5, 5.41) is 42.5. The van der Waals surface area contributed by atoms with Gasteiger partial charge in [0.2, 0.25) is 0 Å². The molecular weight excluding hydrogens is 908 g/mol. The van der Waals surface area contributed by atoms with E-state index in [9.17, 15) is 34.2 Å². The molecular formula is C65H36F3N5. The Kier molecular flexibility index (Phi) is 11.5. The Morgan fingerprint density at radius 1 is 0.301 bits per heavy atom. The molecule has 0 spiro atoms. The maximum absolute atomic E-state index is 14.8. The number of nitrogens with zero attached hydrogens (tertiary/aromatic N) is 5. The summed E-state index contributed by atoms with van der Waals surface area (Å²) in [7, 11) is 0. The smallest absolute Gasteiger partial charge is 0.309 e. The first kappa shape index (κ1) is 45.2. The van der Waals surface area contributed by atoms with Gasteiger partial charge in [-0.2, -0.15) is 34.2 Å². The van der Waals surface area contributed by atoms with Gasteiger partial charge in [0, 0.05) is 16.3 Å². The van der Waals surface area contributed by atoms with Gasteiger partial charge in [-0.05, 0) is 169 Å². The molecule has 0 N–H and O–H groups in total. The molecule has 0 unspecified atom stereocenters. The number of hydrogen-bond acceptors (Lipinski definition) is 4. The van der Waals surface area contributed by atoms with Crippen molar-refractivity contribution in [3.63, 3.8) is 0 Å². The van der Waals surface area contributed by atoms with Crippen molar-refractivity contribution in [1.82, 2.24) is 4.57 Å². The summed E-state index contributed by atoms with van der Waals surface area (Å²) in [6.45, 7) is 0. The van der Waals surface area contributed by atoms with E-state index in [4.69, 9.17) is 0 Å². The van der Waals surface area contributed by atoms with E-state index in [1.807, 2.05) is 150 Å². The molecule has 8 heteroatoms. The summed E-state index contributed by atoms with van der Waals surface area (Å²) in [6.07, 6.45) is -4.61. The highest BCUT2D eigenvalue weighted by Crippen LogP contribution is 2.45. The number of fused-ring (bicyclic) bond motifs is 3. The SMILES string of the molecule is N#Cc1ccccc1-c1cc(-c2ccc3c(c2)c2cc(-c4cc(-c5ccccc5C#N)cc(-c5ccccc5C#N)c4)ccc2n3-c2ccccc2-c2ccccc2C(F)(F)F)cc(-c2ccccc2C#N)c1. The van der Waals surface area contributed by atoms with Crippen LogP contribution in [0.25, 0.3) is 105 Å². The third-order valence-corrected chi connectivity index (χ3v) is 13.4. The van der Waals surface area contributed by atoms with E-state index in [1.165, 1.54) is 12.1 Å². The molecule has 0 amide bonds. The highest BCUT2D eigenvalue weighted by molar-refractivity contribution is 6.12. The van der Waals surface area contributed by atoms with Crippen LogP contribution in [0.2, 0.25) is 0 Å². The quantitative estimate of drug-likeness (QED) is 0.151. The number of halogens is 3. The Hall–Kier alpha value is -10.3. The fraction of sp³-hybridized carbons (Fsp3) is 0.0154. The van der Waals surface area contributed by atoms with E-state index in [2.05, 4.69) is 36.4 Å². The number of alkyl halides is 3. The first-order valence-electron chi connectivity index (χ1n) is 23.3. The van der Waals surface area contributed by atoms with Crippen LogP contribution in [0.15, 0.2) is 218 Å². The molecule has 0 fully saturated rings. The van der Waals surface area contributed by atoms with Crippen LogP contribution in [-0.4, -0.2) is 4.57 Å². The van der Waals surface area contributed by atoms with E-state index >= 15 is 0 Å². The van der Waals surface area contributed by atoms with Gasteiger partial charge < -0.3 is 4.57 Å². The topological polar surface area (TPSA) is 100 Å². The Morgan fingerprint density at radius 3 is 0.986 bits per heavy atom. The summed E-state index contributed by atoms with van der Waals surface area (Å²) in [5.41, 5.74) is 13.1. The number of nitriles is 4. The fourth-order valence-corrected chi connectivity index (χ4v) is 10.0. The standard InChI is InChI=1S/C65H36F3N5/c66-65(67,68)61-23-11-9-21-57(61)58-22-10-12-24-62(58)73-63-27-25-41(47-29-49(53-17-5-1-13-43(53)37-69)33-50(30-47)54-18-6-2-14-44(54)38-70)35-59(63)60-36-42(26-28-64(60)73)48-31-51(55-19-7-3-15-45(55)39-71)34-52(32-48)56-20-8-4-16-46(56)40-72/h1-36H. The lowest BCUT2D eigenvalue weighted by Crippen LogP contribution is -2.08. The normalized spacial score (nSPS) is 11.2. The van der Waals surface area contributed by atoms with E-state index in [-0.39, 0.29) is 5.56 Å².